The number of rotatable bonds is 4. The molecule has 14 heavy (non-hydrogen) atoms. The highest BCUT2D eigenvalue weighted by molar-refractivity contribution is 6.19. The van der Waals surface area contributed by atoms with Crippen LogP contribution in [0.1, 0.15) is 15.9 Å². The van der Waals surface area contributed by atoms with E-state index in [2.05, 4.69) is 0 Å². The van der Waals surface area contributed by atoms with E-state index in [-0.39, 0.29) is 12.3 Å². The van der Waals surface area contributed by atoms with Gasteiger partial charge in [0.15, 0.2) is 5.78 Å². The molecule has 0 amide bonds. The van der Waals surface area contributed by atoms with Crippen molar-refractivity contribution < 1.29 is 4.79 Å². The van der Waals surface area contributed by atoms with Crippen LogP contribution in [-0.4, -0.2) is 18.2 Å². The summed E-state index contributed by atoms with van der Waals surface area (Å²) >= 11 is 5.50. The summed E-state index contributed by atoms with van der Waals surface area (Å²) in [7, 11) is 0. The fourth-order valence-electron chi connectivity index (χ4n) is 1.08. The average Bonchev–Trinajstić information content (AvgIpc) is 2.26. The van der Waals surface area contributed by atoms with E-state index in [0.717, 1.165) is 5.56 Å². The van der Waals surface area contributed by atoms with Gasteiger partial charge in [0, 0.05) is 11.4 Å². The van der Waals surface area contributed by atoms with Gasteiger partial charge < -0.3 is 5.73 Å². The van der Waals surface area contributed by atoms with Crippen LogP contribution in [0.5, 0.6) is 0 Å². The molecule has 0 fully saturated rings. The van der Waals surface area contributed by atoms with Gasteiger partial charge in [-0.15, -0.1) is 11.6 Å². The van der Waals surface area contributed by atoms with Crippen molar-refractivity contribution in [2.45, 2.75) is 0 Å². The Morgan fingerprint density at radius 1 is 1.36 bits per heavy atom. The van der Waals surface area contributed by atoms with Crippen molar-refractivity contribution in [3.05, 3.63) is 41.5 Å². The maximum absolute atomic E-state index is 11.2. The molecule has 0 atom stereocenters. The van der Waals surface area contributed by atoms with E-state index < -0.39 is 0 Å². The molecular weight excluding hydrogens is 198 g/mol. The van der Waals surface area contributed by atoms with Gasteiger partial charge in [0.25, 0.3) is 0 Å². The van der Waals surface area contributed by atoms with Crippen LogP contribution in [0.4, 0.5) is 0 Å². The molecule has 0 bridgehead atoms. The number of Topliss-reactive ketones (excluding diaryl/α,β-unsaturated/α-hetero) is 1. The number of hydrogen-bond donors (Lipinski definition) is 1. The summed E-state index contributed by atoms with van der Waals surface area (Å²) in [6, 6.07) is 7.27. The standard InChI is InChI=1S/C11H12ClNO/c12-7-1-2-9-3-5-10(6-4-9)11(14)8-13/h1-6H,7-8,13H2. The van der Waals surface area contributed by atoms with E-state index in [4.69, 9.17) is 17.3 Å². The predicted octanol–water partition coefficient (Wildman–Crippen LogP) is 2.08. The third-order valence-electron chi connectivity index (χ3n) is 1.82. The molecule has 0 saturated heterocycles. The van der Waals surface area contributed by atoms with Gasteiger partial charge in [0.05, 0.1) is 6.54 Å². The van der Waals surface area contributed by atoms with Gasteiger partial charge in [-0.25, -0.2) is 0 Å². The van der Waals surface area contributed by atoms with Crippen LogP contribution in [0, 0.1) is 0 Å². The summed E-state index contributed by atoms with van der Waals surface area (Å²) in [5, 5.41) is 0. The van der Waals surface area contributed by atoms with Crippen LogP contribution in [0.25, 0.3) is 6.08 Å². The first-order valence-corrected chi connectivity index (χ1v) is 4.87. The maximum atomic E-state index is 11.2. The first-order chi connectivity index (χ1) is 6.77. The molecule has 0 aliphatic heterocycles. The molecule has 0 heterocycles. The first kappa shape index (κ1) is 11.0. The Morgan fingerprint density at radius 3 is 2.50 bits per heavy atom. The number of nitrogens with two attached hydrogens (primary N) is 1. The van der Waals surface area contributed by atoms with E-state index in [0.29, 0.717) is 11.4 Å². The van der Waals surface area contributed by atoms with E-state index in [1.54, 1.807) is 12.1 Å². The predicted molar refractivity (Wildman–Crippen MR) is 59.6 cm³/mol. The monoisotopic (exact) mass is 209 g/mol. The lowest BCUT2D eigenvalue weighted by Gasteiger charge is -1.98. The van der Waals surface area contributed by atoms with E-state index in [9.17, 15) is 4.79 Å². The Kier molecular flexibility index (Phi) is 4.36. The maximum Gasteiger partial charge on any atom is 0.176 e. The second-order valence-corrected chi connectivity index (χ2v) is 3.11. The molecule has 1 aromatic rings. The molecule has 2 nitrogen and oxygen atoms in total. The minimum Gasteiger partial charge on any atom is -0.324 e. The molecule has 1 aromatic carbocycles. The highest BCUT2D eigenvalue weighted by Crippen LogP contribution is 2.06. The summed E-state index contributed by atoms with van der Waals surface area (Å²) in [6.07, 6.45) is 3.75. The number of benzene rings is 1. The van der Waals surface area contributed by atoms with E-state index in [1.807, 2.05) is 24.3 Å². The number of hydrogen-bond acceptors (Lipinski definition) is 2. The largest absolute Gasteiger partial charge is 0.324 e. The molecule has 2 N–H and O–H groups in total. The molecule has 0 aromatic heterocycles. The minimum absolute atomic E-state index is 0.0436. The normalized spacial score (nSPS) is 10.7. The quantitative estimate of drug-likeness (QED) is 0.610. The Balaban J connectivity index is 2.78. The van der Waals surface area contributed by atoms with Crippen LogP contribution >= 0.6 is 11.6 Å². The van der Waals surface area contributed by atoms with Gasteiger partial charge in [-0.3, -0.25) is 4.79 Å². The van der Waals surface area contributed by atoms with Gasteiger partial charge in [-0.2, -0.15) is 0 Å². The van der Waals surface area contributed by atoms with Gasteiger partial charge in [0.1, 0.15) is 0 Å². The van der Waals surface area contributed by atoms with Gasteiger partial charge in [-0.1, -0.05) is 36.4 Å². The summed E-state index contributed by atoms with van der Waals surface area (Å²) in [5.41, 5.74) is 6.92. The van der Waals surface area contributed by atoms with E-state index >= 15 is 0 Å². The zero-order chi connectivity index (χ0) is 10.4. The fourth-order valence-corrected chi connectivity index (χ4v) is 1.17. The number of alkyl halides is 1. The van der Waals surface area contributed by atoms with Crippen molar-refractivity contribution in [2.24, 2.45) is 5.73 Å². The van der Waals surface area contributed by atoms with Crippen molar-refractivity contribution in [1.29, 1.82) is 0 Å². The number of halogens is 1. The van der Waals surface area contributed by atoms with Crippen LogP contribution in [-0.2, 0) is 0 Å². The SMILES string of the molecule is NCC(=O)c1ccc(C=CCCl)cc1. The van der Waals surface area contributed by atoms with Crippen molar-refractivity contribution in [3.63, 3.8) is 0 Å². The van der Waals surface area contributed by atoms with Gasteiger partial charge >= 0.3 is 0 Å². The summed E-state index contributed by atoms with van der Waals surface area (Å²) < 4.78 is 0. The van der Waals surface area contributed by atoms with Crippen LogP contribution in [0.15, 0.2) is 30.3 Å². The molecular formula is C11H12ClNO. The number of allylic oxidation sites excluding steroid dienone is 1. The Bertz CT molecular complexity index is 330. The van der Waals surface area contributed by atoms with Crippen molar-refractivity contribution in [2.75, 3.05) is 12.4 Å². The summed E-state index contributed by atoms with van der Waals surface area (Å²) in [6.45, 7) is 0.0524. The topological polar surface area (TPSA) is 43.1 Å². The van der Waals surface area contributed by atoms with Crippen LogP contribution in [0.2, 0.25) is 0 Å². The fraction of sp³-hybridized carbons (Fsp3) is 0.182. The Labute approximate surface area is 88.4 Å². The molecule has 0 saturated carbocycles. The zero-order valence-corrected chi connectivity index (χ0v) is 8.50. The number of carbonyl (C=O) groups is 1. The molecule has 0 unspecified atom stereocenters. The second kappa shape index (κ2) is 5.58. The molecule has 74 valence electrons. The zero-order valence-electron chi connectivity index (χ0n) is 7.74. The lowest BCUT2D eigenvalue weighted by atomic mass is 10.1. The smallest absolute Gasteiger partial charge is 0.176 e. The minimum atomic E-state index is -0.0436. The van der Waals surface area contributed by atoms with Crippen molar-refractivity contribution >= 4 is 23.5 Å². The Hall–Kier alpha value is -1.12. The highest BCUT2D eigenvalue weighted by atomic mass is 35.5. The van der Waals surface area contributed by atoms with Crippen LogP contribution in [0.3, 0.4) is 0 Å². The Morgan fingerprint density at radius 2 is 2.00 bits per heavy atom. The third-order valence-corrected chi connectivity index (χ3v) is 2.00. The molecule has 1 rings (SSSR count). The van der Waals surface area contributed by atoms with Crippen LogP contribution < -0.4 is 5.73 Å². The molecule has 0 aliphatic rings. The van der Waals surface area contributed by atoms with Gasteiger partial charge in [0.2, 0.25) is 0 Å². The van der Waals surface area contributed by atoms with Crippen molar-refractivity contribution in [1.82, 2.24) is 0 Å². The molecule has 0 radical (unpaired) electrons. The van der Waals surface area contributed by atoms with Gasteiger partial charge in [-0.05, 0) is 5.56 Å². The third kappa shape index (κ3) is 2.98. The molecule has 3 heteroatoms. The lowest BCUT2D eigenvalue weighted by Crippen LogP contribution is -2.13. The van der Waals surface area contributed by atoms with E-state index in [1.165, 1.54) is 0 Å². The summed E-state index contributed by atoms with van der Waals surface area (Å²) in [5.74, 6) is 0.446. The molecule has 0 aliphatic carbocycles. The lowest BCUT2D eigenvalue weighted by molar-refractivity contribution is 0.100. The highest BCUT2D eigenvalue weighted by Gasteiger charge is 2.00. The van der Waals surface area contributed by atoms with Crippen molar-refractivity contribution in [3.8, 4) is 0 Å². The number of carbonyl (C=O) groups excluding carboxylic acids is 1. The second-order valence-electron chi connectivity index (χ2n) is 2.81. The number of ketones is 1. The first-order valence-electron chi connectivity index (χ1n) is 4.33. The average molecular weight is 210 g/mol. The summed E-state index contributed by atoms with van der Waals surface area (Å²) in [4.78, 5) is 11.2. The molecule has 0 spiro atoms.